The van der Waals surface area contributed by atoms with Gasteiger partial charge in [-0.15, -0.1) is 0 Å². The van der Waals surface area contributed by atoms with Crippen LogP contribution in [0, 0.1) is 11.3 Å². The lowest BCUT2D eigenvalue weighted by atomic mass is 10.1. The largest absolute Gasteiger partial charge is 0.493 e. The number of nitriles is 1. The van der Waals surface area contributed by atoms with E-state index < -0.39 is 0 Å². The van der Waals surface area contributed by atoms with Gasteiger partial charge in [-0.3, -0.25) is 0 Å². The van der Waals surface area contributed by atoms with E-state index in [1.54, 1.807) is 0 Å². The van der Waals surface area contributed by atoms with Gasteiger partial charge in [-0.2, -0.15) is 5.26 Å². The van der Waals surface area contributed by atoms with Gasteiger partial charge in [0.25, 0.3) is 0 Å². The summed E-state index contributed by atoms with van der Waals surface area (Å²) in [5.41, 5.74) is 2.79. The number of halogens is 1. The number of aromatic nitrogens is 3. The molecule has 2 aromatic heterocycles. The van der Waals surface area contributed by atoms with Gasteiger partial charge in [0.1, 0.15) is 11.8 Å². The van der Waals surface area contributed by atoms with Gasteiger partial charge >= 0.3 is 0 Å². The van der Waals surface area contributed by atoms with Crippen LogP contribution in [0.2, 0.25) is 5.28 Å². The van der Waals surface area contributed by atoms with Crippen LogP contribution < -0.4 is 4.74 Å². The van der Waals surface area contributed by atoms with Crippen molar-refractivity contribution in [2.24, 2.45) is 7.05 Å². The van der Waals surface area contributed by atoms with E-state index in [1.165, 1.54) is 6.20 Å². The molecule has 0 radical (unpaired) electrons. The average molecular weight is 386 g/mol. The van der Waals surface area contributed by atoms with Crippen LogP contribution in [0.4, 0.5) is 0 Å². The summed E-state index contributed by atoms with van der Waals surface area (Å²) in [7, 11) is 6.05. The van der Waals surface area contributed by atoms with Gasteiger partial charge in [-0.05, 0) is 44.2 Å². The predicted molar refractivity (Wildman–Crippen MR) is 109 cm³/mol. The van der Waals surface area contributed by atoms with Crippen LogP contribution >= 0.6 is 11.6 Å². The van der Waals surface area contributed by atoms with E-state index in [1.807, 2.05) is 50.1 Å². The quantitative estimate of drug-likeness (QED) is 0.471. The Balaban J connectivity index is 0.00000261. The van der Waals surface area contributed by atoms with Crippen LogP contribution in [-0.4, -0.2) is 46.7 Å². The monoisotopic (exact) mass is 385 g/mol. The molecule has 7 heteroatoms. The first-order valence-electron chi connectivity index (χ1n) is 8.29. The smallest absolute Gasteiger partial charge is 0.222 e. The molecular weight excluding hydrogens is 362 g/mol. The number of aryl methyl sites for hydroxylation is 1. The third kappa shape index (κ3) is 4.57. The molecule has 0 aliphatic carbocycles. The Morgan fingerprint density at radius 2 is 2.11 bits per heavy atom. The second-order valence-electron chi connectivity index (χ2n) is 6.35. The van der Waals surface area contributed by atoms with Crippen molar-refractivity contribution in [1.82, 2.24) is 19.4 Å². The van der Waals surface area contributed by atoms with Crippen molar-refractivity contribution in [2.75, 3.05) is 27.2 Å². The summed E-state index contributed by atoms with van der Waals surface area (Å²) in [6.07, 6.45) is 4.36. The molecule has 0 atom stereocenters. The van der Waals surface area contributed by atoms with Gasteiger partial charge < -0.3 is 14.2 Å². The Bertz CT molecular complexity index is 974. The van der Waals surface area contributed by atoms with Crippen LogP contribution in [0.5, 0.6) is 5.75 Å². The minimum Gasteiger partial charge on any atom is -0.493 e. The minimum atomic E-state index is 0. The second-order valence-corrected chi connectivity index (χ2v) is 6.69. The normalized spacial score (nSPS) is 10.7. The van der Waals surface area contributed by atoms with Gasteiger partial charge in [0.2, 0.25) is 5.28 Å². The van der Waals surface area contributed by atoms with Gasteiger partial charge in [0.15, 0.2) is 0 Å². The maximum absolute atomic E-state index is 9.35. The Hall–Kier alpha value is -2.62. The molecule has 0 amide bonds. The lowest BCUT2D eigenvalue weighted by Crippen LogP contribution is -2.15. The van der Waals surface area contributed by atoms with Crippen molar-refractivity contribution in [3.05, 3.63) is 41.4 Å². The molecule has 0 fully saturated rings. The van der Waals surface area contributed by atoms with Crippen LogP contribution in [-0.2, 0) is 7.05 Å². The summed E-state index contributed by atoms with van der Waals surface area (Å²) in [6.45, 7) is 1.66. The SMILES string of the molecule is C.CN(C)CCCOc1ccc2c(-c3nc(Cl)ncc3C#N)cn(C)c2c1. The van der Waals surface area contributed by atoms with Gasteiger partial charge in [-0.1, -0.05) is 7.43 Å². The van der Waals surface area contributed by atoms with E-state index in [4.69, 9.17) is 16.3 Å². The summed E-state index contributed by atoms with van der Waals surface area (Å²) in [5, 5.41) is 10.5. The molecule has 0 spiro atoms. The Kier molecular flexibility index (Phi) is 6.78. The lowest BCUT2D eigenvalue weighted by Gasteiger charge is -2.10. The first-order chi connectivity index (χ1) is 12.5. The highest BCUT2D eigenvalue weighted by Crippen LogP contribution is 2.33. The second kappa shape index (κ2) is 8.85. The molecule has 0 aliphatic heterocycles. The molecule has 3 aromatic rings. The zero-order valence-electron chi connectivity index (χ0n) is 15.0. The molecule has 1 aromatic carbocycles. The van der Waals surface area contributed by atoms with E-state index in [0.29, 0.717) is 17.9 Å². The topological polar surface area (TPSA) is 67.0 Å². The number of fused-ring (bicyclic) bond motifs is 1. The van der Waals surface area contributed by atoms with E-state index in [-0.39, 0.29) is 12.7 Å². The van der Waals surface area contributed by atoms with Gasteiger partial charge in [0, 0.05) is 36.8 Å². The number of hydrogen-bond donors (Lipinski definition) is 0. The van der Waals surface area contributed by atoms with Crippen molar-refractivity contribution in [2.45, 2.75) is 13.8 Å². The Morgan fingerprint density at radius 3 is 2.81 bits per heavy atom. The maximum Gasteiger partial charge on any atom is 0.222 e. The zero-order chi connectivity index (χ0) is 18.7. The molecular formula is C20H24ClN5O. The summed E-state index contributed by atoms with van der Waals surface area (Å²) in [5.74, 6) is 0.824. The van der Waals surface area contributed by atoms with E-state index in [2.05, 4.69) is 20.9 Å². The van der Waals surface area contributed by atoms with Crippen LogP contribution in [0.1, 0.15) is 19.4 Å². The van der Waals surface area contributed by atoms with E-state index in [9.17, 15) is 5.26 Å². The van der Waals surface area contributed by atoms with Crippen molar-refractivity contribution < 1.29 is 4.74 Å². The molecule has 27 heavy (non-hydrogen) atoms. The van der Waals surface area contributed by atoms with Gasteiger partial charge in [0.05, 0.1) is 29.6 Å². The minimum absolute atomic E-state index is 0. The Labute approximate surface area is 165 Å². The number of nitrogens with zero attached hydrogens (tertiary/aromatic N) is 5. The fourth-order valence-electron chi connectivity index (χ4n) is 2.86. The summed E-state index contributed by atoms with van der Waals surface area (Å²) in [6, 6.07) is 8.06. The van der Waals surface area contributed by atoms with Gasteiger partial charge in [-0.25, -0.2) is 9.97 Å². The molecule has 0 saturated heterocycles. The van der Waals surface area contributed by atoms with E-state index >= 15 is 0 Å². The molecule has 0 N–H and O–H groups in total. The fraction of sp³-hybridized carbons (Fsp3) is 0.350. The summed E-state index contributed by atoms with van der Waals surface area (Å²) < 4.78 is 7.85. The van der Waals surface area contributed by atoms with E-state index in [0.717, 1.165) is 35.2 Å². The lowest BCUT2D eigenvalue weighted by molar-refractivity contribution is 0.282. The van der Waals surface area contributed by atoms with Crippen LogP contribution in [0.15, 0.2) is 30.6 Å². The molecule has 6 nitrogen and oxygen atoms in total. The third-order valence-corrected chi connectivity index (χ3v) is 4.30. The van der Waals surface area contributed by atoms with Crippen LogP contribution in [0.25, 0.3) is 22.2 Å². The number of hydrogen-bond acceptors (Lipinski definition) is 5. The highest BCUT2D eigenvalue weighted by molar-refractivity contribution is 6.28. The predicted octanol–water partition coefficient (Wildman–Crippen LogP) is 4.13. The standard InChI is InChI=1S/C19H20ClN5O.CH4/c1-24(2)7-4-8-26-14-5-6-15-16(12-25(3)17(15)9-14)18-13(10-21)11-22-19(20)23-18;/h5-6,9,11-12H,4,7-8H2,1-3H3;1H4. The zero-order valence-corrected chi connectivity index (χ0v) is 15.8. The van der Waals surface area contributed by atoms with Crippen molar-refractivity contribution in [1.29, 1.82) is 5.26 Å². The van der Waals surface area contributed by atoms with Crippen molar-refractivity contribution >= 4 is 22.5 Å². The molecule has 0 saturated carbocycles. The third-order valence-electron chi connectivity index (χ3n) is 4.12. The first kappa shape index (κ1) is 20.7. The fourth-order valence-corrected chi connectivity index (χ4v) is 2.99. The molecule has 0 bridgehead atoms. The van der Waals surface area contributed by atoms with Crippen molar-refractivity contribution in [3.63, 3.8) is 0 Å². The summed E-state index contributed by atoms with van der Waals surface area (Å²) in [4.78, 5) is 10.3. The molecule has 3 rings (SSSR count). The molecule has 142 valence electrons. The number of ether oxygens (including phenoxy) is 1. The van der Waals surface area contributed by atoms with Crippen molar-refractivity contribution in [3.8, 4) is 23.1 Å². The maximum atomic E-state index is 9.35. The number of benzene rings is 1. The average Bonchev–Trinajstić information content (AvgIpc) is 2.95. The highest BCUT2D eigenvalue weighted by Gasteiger charge is 2.15. The summed E-state index contributed by atoms with van der Waals surface area (Å²) >= 11 is 5.94. The molecule has 2 heterocycles. The molecule has 0 unspecified atom stereocenters. The molecule has 0 aliphatic rings. The highest BCUT2D eigenvalue weighted by atomic mass is 35.5. The number of rotatable bonds is 6. The van der Waals surface area contributed by atoms with Crippen LogP contribution in [0.3, 0.4) is 0 Å². The first-order valence-corrected chi connectivity index (χ1v) is 8.67. The Morgan fingerprint density at radius 1 is 1.33 bits per heavy atom.